The second kappa shape index (κ2) is 9.35. The molecule has 1 amide bonds. The van der Waals surface area contributed by atoms with E-state index in [1.165, 1.54) is 0 Å². The summed E-state index contributed by atoms with van der Waals surface area (Å²) in [6.07, 6.45) is 9.11. The highest BCUT2D eigenvalue weighted by molar-refractivity contribution is 5.67. The van der Waals surface area contributed by atoms with Gasteiger partial charge in [0.2, 0.25) is 0 Å². The molecule has 150 valence electrons. The highest BCUT2D eigenvalue weighted by atomic mass is 16.6. The predicted molar refractivity (Wildman–Crippen MR) is 106 cm³/mol. The summed E-state index contributed by atoms with van der Waals surface area (Å²) in [4.78, 5) is 27.6. The molecule has 7 nitrogen and oxygen atoms in total. The van der Waals surface area contributed by atoms with Crippen molar-refractivity contribution in [2.45, 2.75) is 51.0 Å². The van der Waals surface area contributed by atoms with Crippen molar-refractivity contribution in [1.29, 1.82) is 0 Å². The Morgan fingerprint density at radius 1 is 1.15 bits per heavy atom. The first-order valence-electron chi connectivity index (χ1n) is 10.2. The molecule has 3 heterocycles. The van der Waals surface area contributed by atoms with Crippen LogP contribution in [0, 0.1) is 0 Å². The quantitative estimate of drug-likeness (QED) is 0.806. The van der Waals surface area contributed by atoms with E-state index in [2.05, 4.69) is 9.88 Å². The summed E-state index contributed by atoms with van der Waals surface area (Å²) in [5.74, 6) is 1.42. The molecular weight excluding hydrogens is 342 g/mol. The molecule has 0 aromatic carbocycles. The van der Waals surface area contributed by atoms with E-state index in [0.29, 0.717) is 18.6 Å². The van der Waals surface area contributed by atoms with Gasteiger partial charge in [-0.15, -0.1) is 0 Å². The van der Waals surface area contributed by atoms with E-state index < -0.39 is 0 Å². The van der Waals surface area contributed by atoms with E-state index in [1.807, 2.05) is 43.2 Å². The molecule has 1 unspecified atom stereocenters. The van der Waals surface area contributed by atoms with Crippen LogP contribution in [-0.2, 0) is 4.74 Å². The molecule has 3 rings (SSSR count). The summed E-state index contributed by atoms with van der Waals surface area (Å²) >= 11 is 0. The first-order chi connectivity index (χ1) is 13.1. The van der Waals surface area contributed by atoms with Crippen LogP contribution in [-0.4, -0.2) is 78.8 Å². The number of amides is 1. The molecule has 0 radical (unpaired) electrons. The molecule has 0 N–H and O–H groups in total. The zero-order valence-corrected chi connectivity index (χ0v) is 16.9. The number of aromatic nitrogens is 2. The van der Waals surface area contributed by atoms with E-state index in [9.17, 15) is 4.79 Å². The Hall–Kier alpha value is -1.89. The summed E-state index contributed by atoms with van der Waals surface area (Å²) in [5, 5.41) is 0. The Morgan fingerprint density at radius 2 is 1.93 bits per heavy atom. The number of nitrogens with zero attached hydrogens (tertiary/aromatic N) is 5. The number of anilines is 1. The van der Waals surface area contributed by atoms with Crippen LogP contribution in [0.3, 0.4) is 0 Å². The fraction of sp³-hybridized carbons (Fsp3) is 0.750. The molecule has 7 heteroatoms. The molecule has 0 bridgehead atoms. The fourth-order valence-corrected chi connectivity index (χ4v) is 4.18. The fourth-order valence-electron chi connectivity index (χ4n) is 4.18. The number of hydrogen-bond donors (Lipinski definition) is 0. The first-order valence-corrected chi connectivity index (χ1v) is 10.2. The Labute approximate surface area is 162 Å². The Morgan fingerprint density at radius 3 is 2.63 bits per heavy atom. The van der Waals surface area contributed by atoms with Gasteiger partial charge in [-0.1, -0.05) is 0 Å². The van der Waals surface area contributed by atoms with Gasteiger partial charge in [-0.2, -0.15) is 0 Å². The number of likely N-dealkylation sites (tertiary alicyclic amines) is 2. The zero-order chi connectivity index (χ0) is 19.2. The predicted octanol–water partition coefficient (Wildman–Crippen LogP) is 2.73. The monoisotopic (exact) mass is 375 g/mol. The molecule has 0 saturated carbocycles. The molecule has 27 heavy (non-hydrogen) atoms. The maximum atomic E-state index is 12.0. The molecule has 2 aliphatic heterocycles. The van der Waals surface area contributed by atoms with Crippen molar-refractivity contribution in [3.8, 4) is 0 Å². The van der Waals surface area contributed by atoms with Gasteiger partial charge in [0.1, 0.15) is 5.82 Å². The van der Waals surface area contributed by atoms with Crippen LogP contribution in [0.4, 0.5) is 10.6 Å². The Kier molecular flexibility index (Phi) is 6.88. The van der Waals surface area contributed by atoms with Crippen LogP contribution >= 0.6 is 0 Å². The lowest BCUT2D eigenvalue weighted by Gasteiger charge is -2.37. The molecule has 0 spiro atoms. The Balaban J connectivity index is 1.52. The molecule has 2 fully saturated rings. The second-order valence-corrected chi connectivity index (χ2v) is 7.78. The minimum Gasteiger partial charge on any atom is -0.450 e. The van der Waals surface area contributed by atoms with Crippen molar-refractivity contribution < 1.29 is 9.53 Å². The minimum atomic E-state index is -0.156. The number of hydrogen-bond acceptors (Lipinski definition) is 6. The van der Waals surface area contributed by atoms with Crippen molar-refractivity contribution in [1.82, 2.24) is 19.8 Å². The highest BCUT2D eigenvalue weighted by Gasteiger charge is 2.29. The maximum absolute atomic E-state index is 12.0. The number of rotatable bonds is 4. The van der Waals surface area contributed by atoms with Gasteiger partial charge in [0.15, 0.2) is 0 Å². The smallest absolute Gasteiger partial charge is 0.409 e. The van der Waals surface area contributed by atoms with Crippen molar-refractivity contribution in [3.63, 3.8) is 0 Å². The van der Waals surface area contributed by atoms with Crippen LogP contribution < -0.4 is 4.90 Å². The van der Waals surface area contributed by atoms with Crippen LogP contribution in [0.25, 0.3) is 0 Å². The standard InChI is InChI=1S/C20H33N5O2/c1-4-27-20(26)25-10-5-6-17(9-13-25)24-11-7-16(8-12-24)18-14-21-15-19(22-18)23(2)3/h14-17H,4-13H2,1-3H3. The SMILES string of the molecule is CCOC(=O)N1CCCC(N2CCC(c3cncc(N(C)C)n3)CC2)CC1. The first kappa shape index (κ1) is 19.9. The van der Waals surface area contributed by atoms with Gasteiger partial charge < -0.3 is 19.4 Å². The maximum Gasteiger partial charge on any atom is 0.409 e. The summed E-state index contributed by atoms with van der Waals surface area (Å²) in [6, 6.07) is 0.574. The average molecular weight is 376 g/mol. The third-order valence-electron chi connectivity index (χ3n) is 5.79. The summed E-state index contributed by atoms with van der Waals surface area (Å²) < 4.78 is 5.16. The Bertz CT molecular complexity index is 616. The van der Waals surface area contributed by atoms with E-state index in [4.69, 9.17) is 9.72 Å². The van der Waals surface area contributed by atoms with Crippen molar-refractivity contribution in [3.05, 3.63) is 18.1 Å². The number of ether oxygens (including phenoxy) is 1. The lowest BCUT2D eigenvalue weighted by Crippen LogP contribution is -2.42. The highest BCUT2D eigenvalue weighted by Crippen LogP contribution is 2.30. The third kappa shape index (κ3) is 5.09. The molecule has 2 aliphatic rings. The second-order valence-electron chi connectivity index (χ2n) is 7.78. The van der Waals surface area contributed by atoms with Gasteiger partial charge in [0.25, 0.3) is 0 Å². The van der Waals surface area contributed by atoms with Gasteiger partial charge in [0, 0.05) is 45.3 Å². The normalized spacial score (nSPS) is 22.3. The zero-order valence-electron chi connectivity index (χ0n) is 16.9. The molecular formula is C20H33N5O2. The lowest BCUT2D eigenvalue weighted by molar-refractivity contribution is 0.105. The number of piperidine rings is 1. The molecule has 1 aromatic rings. The molecule has 1 atom stereocenters. The van der Waals surface area contributed by atoms with E-state index in [0.717, 1.165) is 69.8 Å². The number of carbonyl (C=O) groups excluding carboxylic acids is 1. The van der Waals surface area contributed by atoms with Crippen molar-refractivity contribution >= 4 is 11.9 Å². The van der Waals surface area contributed by atoms with Crippen molar-refractivity contribution in [2.24, 2.45) is 0 Å². The minimum absolute atomic E-state index is 0.156. The van der Waals surface area contributed by atoms with E-state index in [-0.39, 0.29) is 6.09 Å². The van der Waals surface area contributed by atoms with E-state index in [1.54, 1.807) is 0 Å². The largest absolute Gasteiger partial charge is 0.450 e. The van der Waals surface area contributed by atoms with Crippen LogP contribution in [0.1, 0.15) is 50.6 Å². The lowest BCUT2D eigenvalue weighted by atomic mass is 9.92. The van der Waals surface area contributed by atoms with Crippen LogP contribution in [0.15, 0.2) is 12.4 Å². The molecule has 0 aliphatic carbocycles. The summed E-state index contributed by atoms with van der Waals surface area (Å²) in [7, 11) is 4.00. The summed E-state index contributed by atoms with van der Waals surface area (Å²) in [6.45, 7) is 6.13. The van der Waals surface area contributed by atoms with Gasteiger partial charge in [-0.3, -0.25) is 4.98 Å². The topological polar surface area (TPSA) is 61.8 Å². The van der Waals surface area contributed by atoms with Crippen molar-refractivity contribution in [2.75, 3.05) is 51.8 Å². The molecule has 2 saturated heterocycles. The van der Waals surface area contributed by atoms with Gasteiger partial charge in [0.05, 0.1) is 18.5 Å². The van der Waals surface area contributed by atoms with Crippen LogP contribution in [0.5, 0.6) is 0 Å². The number of carbonyl (C=O) groups is 1. The van der Waals surface area contributed by atoms with Gasteiger partial charge in [-0.05, 0) is 52.1 Å². The third-order valence-corrected chi connectivity index (χ3v) is 5.79. The van der Waals surface area contributed by atoms with E-state index >= 15 is 0 Å². The van der Waals surface area contributed by atoms with Crippen LogP contribution in [0.2, 0.25) is 0 Å². The molecule has 1 aromatic heterocycles. The van der Waals surface area contributed by atoms with Gasteiger partial charge >= 0.3 is 6.09 Å². The summed E-state index contributed by atoms with van der Waals surface area (Å²) in [5.41, 5.74) is 1.12. The van der Waals surface area contributed by atoms with Gasteiger partial charge in [-0.25, -0.2) is 9.78 Å². The average Bonchev–Trinajstić information content (AvgIpc) is 2.95.